The molecule has 80 valence electrons. The first-order chi connectivity index (χ1) is 6.60. The van der Waals surface area contributed by atoms with Gasteiger partial charge in [0, 0.05) is 14.0 Å². The molecule has 0 heterocycles. The smallest absolute Gasteiger partial charge is 0.303 e. The van der Waals surface area contributed by atoms with Crippen molar-refractivity contribution in [1.82, 2.24) is 0 Å². The maximum absolute atomic E-state index is 10.6. The van der Waals surface area contributed by atoms with Gasteiger partial charge in [-0.1, -0.05) is 5.92 Å². The number of hydrogen-bond donors (Lipinski definition) is 1. The van der Waals surface area contributed by atoms with Crippen LogP contribution in [0.1, 0.15) is 19.8 Å². The minimum atomic E-state index is -0.564. The van der Waals surface area contributed by atoms with Crippen molar-refractivity contribution in [2.75, 3.05) is 13.7 Å². The number of aliphatic hydroxyl groups is 1. The summed E-state index contributed by atoms with van der Waals surface area (Å²) in [7, 11) is 1.51. The summed E-state index contributed by atoms with van der Waals surface area (Å²) in [5.74, 6) is 1.93. The van der Waals surface area contributed by atoms with Crippen LogP contribution in [0.5, 0.6) is 0 Å². The Balaban J connectivity index is 3.73. The number of aliphatic hydroxyl groups excluding tert-OH is 1. The van der Waals surface area contributed by atoms with Crippen molar-refractivity contribution in [2.45, 2.75) is 32.0 Å². The number of methoxy groups -OCH3 is 1. The fourth-order valence-electron chi connectivity index (χ4n) is 0.996. The first kappa shape index (κ1) is 12.9. The number of rotatable bonds is 6. The average Bonchev–Trinajstić information content (AvgIpc) is 2.12. The Kier molecular flexibility index (Phi) is 6.81. The molecule has 0 bridgehead atoms. The van der Waals surface area contributed by atoms with Crippen LogP contribution in [0.3, 0.4) is 0 Å². The van der Waals surface area contributed by atoms with E-state index in [0.29, 0.717) is 12.8 Å². The van der Waals surface area contributed by atoms with Crippen LogP contribution in [0.25, 0.3) is 0 Å². The van der Waals surface area contributed by atoms with Crippen LogP contribution in [0.4, 0.5) is 0 Å². The Morgan fingerprint density at radius 3 is 2.64 bits per heavy atom. The molecule has 0 saturated heterocycles. The lowest BCUT2D eigenvalue weighted by Crippen LogP contribution is -2.20. The number of ether oxygens (including phenoxy) is 2. The first-order valence-electron chi connectivity index (χ1n) is 4.40. The molecule has 0 unspecified atom stereocenters. The third-order valence-electron chi connectivity index (χ3n) is 1.62. The number of hydrogen-bond acceptors (Lipinski definition) is 4. The predicted octanol–water partition coefficient (Wildman–Crippen LogP) is 0.339. The topological polar surface area (TPSA) is 55.8 Å². The summed E-state index contributed by atoms with van der Waals surface area (Å²) in [5, 5.41) is 9.29. The molecule has 0 aromatic carbocycles. The summed E-state index contributed by atoms with van der Waals surface area (Å²) in [6, 6.07) is 0. The average molecular weight is 200 g/mol. The van der Waals surface area contributed by atoms with E-state index in [9.17, 15) is 9.90 Å². The fraction of sp³-hybridized carbons (Fsp3) is 0.700. The van der Waals surface area contributed by atoms with Gasteiger partial charge in [-0.05, 0) is 12.8 Å². The molecule has 0 fully saturated rings. The van der Waals surface area contributed by atoms with E-state index in [4.69, 9.17) is 15.9 Å². The van der Waals surface area contributed by atoms with E-state index in [0.717, 1.165) is 0 Å². The molecule has 2 atom stereocenters. The molecule has 4 nitrogen and oxygen atoms in total. The van der Waals surface area contributed by atoms with Gasteiger partial charge in [-0.2, -0.15) is 0 Å². The largest absolute Gasteiger partial charge is 0.449 e. The van der Waals surface area contributed by atoms with Gasteiger partial charge in [0.05, 0.1) is 12.7 Å². The highest BCUT2D eigenvalue weighted by Gasteiger charge is 2.11. The summed E-state index contributed by atoms with van der Waals surface area (Å²) < 4.78 is 9.54. The van der Waals surface area contributed by atoms with Crippen LogP contribution in [0.2, 0.25) is 0 Å². The summed E-state index contributed by atoms with van der Waals surface area (Å²) in [5.41, 5.74) is 0. The molecule has 0 aliphatic heterocycles. The van der Waals surface area contributed by atoms with Gasteiger partial charge in [-0.25, -0.2) is 0 Å². The van der Waals surface area contributed by atoms with Crippen molar-refractivity contribution < 1.29 is 19.4 Å². The summed E-state index contributed by atoms with van der Waals surface area (Å²) in [6.07, 6.45) is 4.92. The first-order valence-corrected chi connectivity index (χ1v) is 4.40. The second-order valence-corrected chi connectivity index (χ2v) is 2.95. The van der Waals surface area contributed by atoms with E-state index in [2.05, 4.69) is 5.92 Å². The van der Waals surface area contributed by atoms with Crippen molar-refractivity contribution in [3.05, 3.63) is 0 Å². The molecule has 0 spiro atoms. The third kappa shape index (κ3) is 6.46. The van der Waals surface area contributed by atoms with Crippen molar-refractivity contribution in [1.29, 1.82) is 0 Å². The number of carbonyl (C=O) groups excluding carboxylic acids is 1. The van der Waals surface area contributed by atoms with Crippen molar-refractivity contribution >= 4 is 5.97 Å². The van der Waals surface area contributed by atoms with Crippen LogP contribution in [-0.2, 0) is 14.3 Å². The van der Waals surface area contributed by atoms with Crippen molar-refractivity contribution in [3.63, 3.8) is 0 Å². The van der Waals surface area contributed by atoms with E-state index in [-0.39, 0.29) is 6.61 Å². The molecule has 0 radical (unpaired) electrons. The fourth-order valence-corrected chi connectivity index (χ4v) is 0.996. The third-order valence-corrected chi connectivity index (χ3v) is 1.62. The number of esters is 1. The van der Waals surface area contributed by atoms with Crippen LogP contribution in [-0.4, -0.2) is 37.0 Å². The molecule has 4 heteroatoms. The highest BCUT2D eigenvalue weighted by atomic mass is 16.5. The lowest BCUT2D eigenvalue weighted by Gasteiger charge is -2.13. The Morgan fingerprint density at radius 1 is 1.57 bits per heavy atom. The van der Waals surface area contributed by atoms with Gasteiger partial charge < -0.3 is 14.6 Å². The molecule has 0 rings (SSSR count). The highest BCUT2D eigenvalue weighted by Crippen LogP contribution is 2.05. The number of terminal acetylenes is 1. The van der Waals surface area contributed by atoms with E-state index < -0.39 is 18.2 Å². The second kappa shape index (κ2) is 7.36. The van der Waals surface area contributed by atoms with Gasteiger partial charge in [0.2, 0.25) is 0 Å². The Labute approximate surface area is 84.2 Å². The van der Waals surface area contributed by atoms with Crippen LogP contribution in [0, 0.1) is 12.3 Å². The maximum Gasteiger partial charge on any atom is 0.303 e. The molecule has 0 aromatic heterocycles. The molecule has 0 saturated carbocycles. The van der Waals surface area contributed by atoms with Crippen LogP contribution in [0.15, 0.2) is 0 Å². The maximum atomic E-state index is 10.6. The predicted molar refractivity (Wildman–Crippen MR) is 51.5 cm³/mol. The molecule has 1 N–H and O–H groups in total. The summed E-state index contributed by atoms with van der Waals surface area (Å²) in [6.45, 7) is 1.56. The normalized spacial score (nSPS) is 14.1. The van der Waals surface area contributed by atoms with Gasteiger partial charge >= 0.3 is 5.97 Å². The minimum absolute atomic E-state index is 0.261. The van der Waals surface area contributed by atoms with Gasteiger partial charge in [-0.3, -0.25) is 4.79 Å². The van der Waals surface area contributed by atoms with Gasteiger partial charge in [0.15, 0.2) is 6.10 Å². The Morgan fingerprint density at radius 2 is 2.21 bits per heavy atom. The Hall–Kier alpha value is -1.05. The molecular weight excluding hydrogens is 184 g/mol. The monoisotopic (exact) mass is 200 g/mol. The standard InChI is InChI=1S/C10H16O4/c1-4-10(14-8(2)11)6-5-9(12)7-13-3/h1,9-10,12H,5-7H2,2-3H3/t9-,10+/m0/s1. The second-order valence-electron chi connectivity index (χ2n) is 2.95. The molecule has 0 aliphatic carbocycles. The van der Waals surface area contributed by atoms with E-state index in [1.807, 2.05) is 0 Å². The lowest BCUT2D eigenvalue weighted by molar-refractivity contribution is -0.144. The van der Waals surface area contributed by atoms with Gasteiger partial charge in [0.1, 0.15) is 0 Å². The highest BCUT2D eigenvalue weighted by molar-refractivity contribution is 5.66. The van der Waals surface area contributed by atoms with E-state index >= 15 is 0 Å². The number of carbonyl (C=O) groups is 1. The molecule has 14 heavy (non-hydrogen) atoms. The van der Waals surface area contributed by atoms with Crippen LogP contribution >= 0.6 is 0 Å². The summed E-state index contributed by atoms with van der Waals surface area (Å²) >= 11 is 0. The minimum Gasteiger partial charge on any atom is -0.449 e. The van der Waals surface area contributed by atoms with Crippen molar-refractivity contribution in [2.24, 2.45) is 0 Å². The van der Waals surface area contributed by atoms with Gasteiger partial charge in [0.25, 0.3) is 0 Å². The van der Waals surface area contributed by atoms with Crippen LogP contribution < -0.4 is 0 Å². The Bertz CT molecular complexity index is 207. The molecule has 0 aromatic rings. The summed E-state index contributed by atoms with van der Waals surface area (Å²) in [4.78, 5) is 10.6. The van der Waals surface area contributed by atoms with E-state index in [1.54, 1.807) is 0 Å². The molecular formula is C10H16O4. The van der Waals surface area contributed by atoms with Gasteiger partial charge in [-0.15, -0.1) is 6.42 Å². The molecule has 0 aliphatic rings. The lowest BCUT2D eigenvalue weighted by atomic mass is 10.1. The van der Waals surface area contributed by atoms with Crippen molar-refractivity contribution in [3.8, 4) is 12.3 Å². The zero-order valence-corrected chi connectivity index (χ0v) is 8.53. The SMILES string of the molecule is C#C[C@H](CC[C@H](O)COC)OC(C)=O. The zero-order valence-electron chi connectivity index (χ0n) is 8.53. The quantitative estimate of drug-likeness (QED) is 0.496. The van der Waals surface area contributed by atoms with E-state index in [1.165, 1.54) is 14.0 Å². The molecule has 0 amide bonds. The zero-order chi connectivity index (χ0) is 11.0.